The number of hydrogen-bond acceptors (Lipinski definition) is 3. The lowest BCUT2D eigenvalue weighted by Gasteiger charge is -2.37. The molecule has 2 rings (SSSR count). The average molecular weight is 201 g/mol. The molecule has 76 valence electrons. The molecule has 0 bridgehead atoms. The minimum atomic E-state index is -0.351. The smallest absolute Gasteiger partial charge is 0.0771 e. The fourth-order valence-corrected chi connectivity index (χ4v) is 3.24. The highest BCUT2D eigenvalue weighted by molar-refractivity contribution is 8.00. The Morgan fingerprint density at radius 2 is 2.31 bits per heavy atom. The molecule has 0 spiro atoms. The number of thioether (sulfide) groups is 1. The average Bonchev–Trinajstić information content (AvgIpc) is 2.44. The van der Waals surface area contributed by atoms with Crippen molar-refractivity contribution in [2.45, 2.75) is 49.5 Å². The van der Waals surface area contributed by atoms with Crippen LogP contribution in [0.3, 0.4) is 0 Å². The Kier molecular flexibility index (Phi) is 2.86. The highest BCUT2D eigenvalue weighted by atomic mass is 32.2. The SMILES string of the molecule is CC1CC(NCC2(O)CCC2)CS1. The number of aliphatic hydroxyl groups is 1. The van der Waals surface area contributed by atoms with Crippen molar-refractivity contribution in [1.29, 1.82) is 0 Å². The molecule has 1 saturated carbocycles. The molecule has 3 heteroatoms. The molecule has 0 radical (unpaired) electrons. The predicted molar refractivity (Wildman–Crippen MR) is 57.1 cm³/mol. The van der Waals surface area contributed by atoms with Crippen LogP contribution in [0.5, 0.6) is 0 Å². The number of nitrogens with one attached hydrogen (secondary N) is 1. The molecule has 2 atom stereocenters. The van der Waals surface area contributed by atoms with Crippen molar-refractivity contribution in [2.75, 3.05) is 12.3 Å². The van der Waals surface area contributed by atoms with Crippen LogP contribution in [0.4, 0.5) is 0 Å². The van der Waals surface area contributed by atoms with Crippen LogP contribution in [0.15, 0.2) is 0 Å². The van der Waals surface area contributed by atoms with Gasteiger partial charge in [-0.05, 0) is 25.7 Å². The molecule has 1 aliphatic carbocycles. The highest BCUT2D eigenvalue weighted by Gasteiger charge is 2.35. The Morgan fingerprint density at radius 3 is 2.77 bits per heavy atom. The van der Waals surface area contributed by atoms with Crippen LogP contribution < -0.4 is 5.32 Å². The first kappa shape index (κ1) is 9.81. The van der Waals surface area contributed by atoms with E-state index in [4.69, 9.17) is 0 Å². The van der Waals surface area contributed by atoms with Crippen LogP contribution in [0, 0.1) is 0 Å². The Bertz CT molecular complexity index is 182. The second-order valence-corrected chi connectivity index (χ2v) is 6.01. The summed E-state index contributed by atoms with van der Waals surface area (Å²) in [6.45, 7) is 3.09. The van der Waals surface area contributed by atoms with Gasteiger partial charge in [0.05, 0.1) is 5.60 Å². The Labute approximate surface area is 84.5 Å². The van der Waals surface area contributed by atoms with E-state index in [0.29, 0.717) is 6.04 Å². The molecule has 0 aromatic rings. The van der Waals surface area contributed by atoms with Gasteiger partial charge in [-0.2, -0.15) is 11.8 Å². The molecule has 1 saturated heterocycles. The topological polar surface area (TPSA) is 32.3 Å². The van der Waals surface area contributed by atoms with Crippen molar-refractivity contribution in [2.24, 2.45) is 0 Å². The number of hydrogen-bond donors (Lipinski definition) is 2. The van der Waals surface area contributed by atoms with Gasteiger partial charge in [-0.3, -0.25) is 0 Å². The van der Waals surface area contributed by atoms with E-state index in [2.05, 4.69) is 12.2 Å². The second-order valence-electron chi connectivity index (χ2n) is 4.54. The third-order valence-corrected chi connectivity index (χ3v) is 4.56. The predicted octanol–water partition coefficient (Wildman–Crippen LogP) is 1.38. The molecule has 2 fully saturated rings. The van der Waals surface area contributed by atoms with Crippen molar-refractivity contribution >= 4 is 11.8 Å². The van der Waals surface area contributed by atoms with Crippen LogP contribution in [0.1, 0.15) is 32.6 Å². The maximum absolute atomic E-state index is 9.87. The molecule has 13 heavy (non-hydrogen) atoms. The van der Waals surface area contributed by atoms with Gasteiger partial charge in [0.2, 0.25) is 0 Å². The Morgan fingerprint density at radius 1 is 1.54 bits per heavy atom. The number of rotatable bonds is 3. The van der Waals surface area contributed by atoms with E-state index >= 15 is 0 Å². The van der Waals surface area contributed by atoms with Crippen LogP contribution in [0.2, 0.25) is 0 Å². The van der Waals surface area contributed by atoms with E-state index in [-0.39, 0.29) is 5.60 Å². The minimum absolute atomic E-state index is 0.351. The summed E-state index contributed by atoms with van der Waals surface area (Å²) < 4.78 is 0. The Hall–Kier alpha value is 0.270. The largest absolute Gasteiger partial charge is 0.389 e. The maximum atomic E-state index is 9.87. The fraction of sp³-hybridized carbons (Fsp3) is 1.00. The summed E-state index contributed by atoms with van der Waals surface area (Å²) in [5, 5.41) is 14.2. The molecule has 2 aliphatic rings. The van der Waals surface area contributed by atoms with Gasteiger partial charge >= 0.3 is 0 Å². The molecule has 2 N–H and O–H groups in total. The summed E-state index contributed by atoms with van der Waals surface area (Å²) >= 11 is 2.04. The van der Waals surface area contributed by atoms with Crippen LogP contribution >= 0.6 is 11.8 Å². The molecule has 0 aromatic heterocycles. The molecule has 1 aliphatic heterocycles. The van der Waals surface area contributed by atoms with E-state index in [1.807, 2.05) is 11.8 Å². The third kappa shape index (κ3) is 2.39. The first-order chi connectivity index (χ1) is 6.18. The van der Waals surface area contributed by atoms with Crippen LogP contribution in [-0.4, -0.2) is 34.3 Å². The lowest BCUT2D eigenvalue weighted by molar-refractivity contribution is -0.0327. The second kappa shape index (κ2) is 3.79. The molecule has 0 aromatic carbocycles. The van der Waals surface area contributed by atoms with E-state index in [1.165, 1.54) is 18.6 Å². The van der Waals surface area contributed by atoms with Crippen LogP contribution in [-0.2, 0) is 0 Å². The van der Waals surface area contributed by atoms with Gasteiger partial charge in [0, 0.05) is 23.6 Å². The van der Waals surface area contributed by atoms with E-state index in [1.54, 1.807) is 0 Å². The molecule has 0 amide bonds. The van der Waals surface area contributed by atoms with E-state index in [0.717, 1.165) is 24.6 Å². The first-order valence-corrected chi connectivity index (χ1v) is 6.30. The lowest BCUT2D eigenvalue weighted by Crippen LogP contribution is -2.49. The first-order valence-electron chi connectivity index (χ1n) is 5.25. The molecule has 1 heterocycles. The van der Waals surface area contributed by atoms with Crippen molar-refractivity contribution < 1.29 is 5.11 Å². The Balaban J connectivity index is 1.67. The maximum Gasteiger partial charge on any atom is 0.0771 e. The van der Waals surface area contributed by atoms with Gasteiger partial charge in [0.15, 0.2) is 0 Å². The van der Waals surface area contributed by atoms with Gasteiger partial charge in [0.25, 0.3) is 0 Å². The summed E-state index contributed by atoms with van der Waals surface area (Å²) in [4.78, 5) is 0. The van der Waals surface area contributed by atoms with Crippen molar-refractivity contribution in [3.8, 4) is 0 Å². The zero-order valence-corrected chi connectivity index (χ0v) is 9.07. The summed E-state index contributed by atoms with van der Waals surface area (Å²) in [5.74, 6) is 1.22. The van der Waals surface area contributed by atoms with E-state index < -0.39 is 0 Å². The minimum Gasteiger partial charge on any atom is -0.389 e. The van der Waals surface area contributed by atoms with Gasteiger partial charge in [0.1, 0.15) is 0 Å². The van der Waals surface area contributed by atoms with Gasteiger partial charge in [-0.25, -0.2) is 0 Å². The quantitative estimate of drug-likeness (QED) is 0.723. The molecule has 2 unspecified atom stereocenters. The molecular formula is C10H19NOS. The third-order valence-electron chi connectivity index (χ3n) is 3.20. The van der Waals surface area contributed by atoms with Crippen molar-refractivity contribution in [3.63, 3.8) is 0 Å². The monoisotopic (exact) mass is 201 g/mol. The standard InChI is InChI=1S/C10H19NOS/c1-8-5-9(6-13-8)11-7-10(12)3-2-4-10/h8-9,11-12H,2-7H2,1H3. The van der Waals surface area contributed by atoms with Crippen LogP contribution in [0.25, 0.3) is 0 Å². The van der Waals surface area contributed by atoms with Crippen molar-refractivity contribution in [3.05, 3.63) is 0 Å². The highest BCUT2D eigenvalue weighted by Crippen LogP contribution is 2.32. The van der Waals surface area contributed by atoms with Crippen molar-refractivity contribution in [1.82, 2.24) is 5.32 Å². The molecular weight excluding hydrogens is 182 g/mol. The summed E-state index contributed by atoms with van der Waals surface area (Å²) in [6, 6.07) is 0.643. The zero-order chi connectivity index (χ0) is 9.31. The van der Waals surface area contributed by atoms with E-state index in [9.17, 15) is 5.11 Å². The summed E-state index contributed by atoms with van der Waals surface area (Å²) in [7, 11) is 0. The zero-order valence-electron chi connectivity index (χ0n) is 8.25. The summed E-state index contributed by atoms with van der Waals surface area (Å²) in [5.41, 5.74) is -0.351. The summed E-state index contributed by atoms with van der Waals surface area (Å²) in [6.07, 6.45) is 4.46. The fourth-order valence-electron chi connectivity index (χ4n) is 2.06. The normalized spacial score (nSPS) is 37.4. The van der Waals surface area contributed by atoms with Gasteiger partial charge < -0.3 is 10.4 Å². The van der Waals surface area contributed by atoms with Gasteiger partial charge in [-0.1, -0.05) is 6.92 Å². The van der Waals surface area contributed by atoms with Gasteiger partial charge in [-0.15, -0.1) is 0 Å². The lowest BCUT2D eigenvalue weighted by atomic mass is 9.80. The molecule has 2 nitrogen and oxygen atoms in total.